The molecule has 1 aliphatic heterocycles. The Hall–Kier alpha value is -3.72. The number of piperidine rings is 1. The second-order valence-electron chi connectivity index (χ2n) is 12.2. The van der Waals surface area contributed by atoms with E-state index in [1.165, 1.54) is 0 Å². The highest BCUT2D eigenvalue weighted by Gasteiger charge is 2.35. The summed E-state index contributed by atoms with van der Waals surface area (Å²) in [7, 11) is 0. The molecule has 0 saturated carbocycles. The van der Waals surface area contributed by atoms with Crippen molar-refractivity contribution >= 4 is 17.4 Å². The van der Waals surface area contributed by atoms with E-state index in [1.54, 1.807) is 0 Å². The maximum atomic E-state index is 12.6. The van der Waals surface area contributed by atoms with Gasteiger partial charge in [0.2, 0.25) is 0 Å². The molecule has 0 bridgehead atoms. The average molecular weight is 532 g/mol. The molecule has 39 heavy (non-hydrogen) atoms. The molecule has 1 atom stereocenters. The van der Waals surface area contributed by atoms with E-state index in [2.05, 4.69) is 28.9 Å². The van der Waals surface area contributed by atoms with Gasteiger partial charge in [-0.1, -0.05) is 49.3 Å². The van der Waals surface area contributed by atoms with Crippen LogP contribution >= 0.6 is 0 Å². The predicted molar refractivity (Wildman–Crippen MR) is 149 cm³/mol. The van der Waals surface area contributed by atoms with Crippen LogP contribution in [0.25, 0.3) is 17.2 Å². The van der Waals surface area contributed by atoms with Crippen LogP contribution in [0.4, 0.5) is 5.82 Å². The van der Waals surface area contributed by atoms with Gasteiger partial charge < -0.3 is 19.3 Å². The highest BCUT2D eigenvalue weighted by molar-refractivity contribution is 5.79. The minimum absolute atomic E-state index is 0.229. The molecule has 5 rings (SSSR count). The van der Waals surface area contributed by atoms with Crippen LogP contribution in [-0.4, -0.2) is 49.3 Å². The number of anilines is 1. The van der Waals surface area contributed by atoms with E-state index in [9.17, 15) is 9.90 Å². The third-order valence-electron chi connectivity index (χ3n) is 7.24. The zero-order valence-corrected chi connectivity index (χ0v) is 23.6. The van der Waals surface area contributed by atoms with Crippen LogP contribution in [0.1, 0.15) is 76.1 Å². The SMILES string of the molecule is Cc1cc2nc(-c3nc(Cc4ccccc4)no3)cn2c(N2CCC(C)(C)CC2)c1C(OC(C)(C)C)C(=O)O. The van der Waals surface area contributed by atoms with Gasteiger partial charge in [-0.15, -0.1) is 0 Å². The van der Waals surface area contributed by atoms with Gasteiger partial charge >= 0.3 is 5.97 Å². The summed E-state index contributed by atoms with van der Waals surface area (Å²) in [6.07, 6.45) is 3.27. The summed E-state index contributed by atoms with van der Waals surface area (Å²) in [5, 5.41) is 14.5. The Balaban J connectivity index is 1.61. The van der Waals surface area contributed by atoms with Gasteiger partial charge in [-0.3, -0.25) is 4.40 Å². The van der Waals surface area contributed by atoms with Crippen LogP contribution < -0.4 is 4.90 Å². The fourth-order valence-corrected chi connectivity index (χ4v) is 5.11. The number of imidazole rings is 1. The molecule has 4 heterocycles. The zero-order valence-electron chi connectivity index (χ0n) is 23.6. The lowest BCUT2D eigenvalue weighted by Crippen LogP contribution is -2.40. The van der Waals surface area contributed by atoms with Gasteiger partial charge in [-0.25, -0.2) is 9.78 Å². The van der Waals surface area contributed by atoms with Gasteiger partial charge in [0, 0.05) is 31.3 Å². The molecule has 9 heteroatoms. The second kappa shape index (κ2) is 10.1. The van der Waals surface area contributed by atoms with Crippen LogP contribution in [0, 0.1) is 12.3 Å². The number of carbonyl (C=O) groups is 1. The predicted octanol–water partition coefficient (Wildman–Crippen LogP) is 5.85. The third kappa shape index (κ3) is 5.83. The topological polar surface area (TPSA) is 106 Å². The fraction of sp³-hybridized carbons (Fsp3) is 0.467. The molecule has 0 aliphatic carbocycles. The Morgan fingerprint density at radius 3 is 2.49 bits per heavy atom. The molecule has 9 nitrogen and oxygen atoms in total. The fourth-order valence-electron chi connectivity index (χ4n) is 5.11. The van der Waals surface area contributed by atoms with Crippen molar-refractivity contribution in [3.63, 3.8) is 0 Å². The first-order chi connectivity index (χ1) is 18.4. The largest absolute Gasteiger partial charge is 0.479 e. The van der Waals surface area contributed by atoms with Gasteiger partial charge in [-0.2, -0.15) is 4.98 Å². The molecule has 4 aromatic rings. The molecule has 1 unspecified atom stereocenters. The number of hydrogen-bond donors (Lipinski definition) is 1. The van der Waals surface area contributed by atoms with E-state index in [4.69, 9.17) is 14.2 Å². The highest BCUT2D eigenvalue weighted by atomic mass is 16.5. The lowest BCUT2D eigenvalue weighted by Gasteiger charge is -2.40. The van der Waals surface area contributed by atoms with Crippen LogP contribution in [0.2, 0.25) is 0 Å². The monoisotopic (exact) mass is 531 g/mol. The number of aryl methyl sites for hydroxylation is 1. The number of nitrogens with zero attached hydrogens (tertiary/aromatic N) is 5. The van der Waals surface area contributed by atoms with Crippen molar-refractivity contribution in [2.24, 2.45) is 5.41 Å². The Morgan fingerprint density at radius 1 is 1.15 bits per heavy atom. The molecule has 1 aromatic carbocycles. The lowest BCUT2D eigenvalue weighted by atomic mass is 9.82. The van der Waals surface area contributed by atoms with Gasteiger partial charge in [-0.05, 0) is 63.1 Å². The van der Waals surface area contributed by atoms with Crippen molar-refractivity contribution in [1.82, 2.24) is 19.5 Å². The third-order valence-corrected chi connectivity index (χ3v) is 7.24. The molecule has 1 fully saturated rings. The maximum Gasteiger partial charge on any atom is 0.337 e. The van der Waals surface area contributed by atoms with E-state index >= 15 is 0 Å². The number of hydrogen-bond acceptors (Lipinski definition) is 7. The number of rotatable bonds is 7. The molecule has 0 radical (unpaired) electrons. The van der Waals surface area contributed by atoms with Crippen LogP contribution in [-0.2, 0) is 16.0 Å². The van der Waals surface area contributed by atoms with Gasteiger partial charge in [0.25, 0.3) is 5.89 Å². The van der Waals surface area contributed by atoms with Crippen molar-refractivity contribution in [3.8, 4) is 11.6 Å². The van der Waals surface area contributed by atoms with E-state index in [-0.39, 0.29) is 5.41 Å². The summed E-state index contributed by atoms with van der Waals surface area (Å²) < 4.78 is 13.7. The standard InChI is InChI=1S/C30H37N5O4/c1-19-16-23-31-21(26-32-22(33-39-26)17-20-10-8-7-9-11-20)18-35(23)27(34-14-12-30(5,6)13-15-34)24(19)25(28(36)37)38-29(2,3)4/h7-11,16,18,25H,12-15,17H2,1-6H3,(H,36,37). The van der Waals surface area contributed by atoms with Crippen molar-refractivity contribution in [2.75, 3.05) is 18.0 Å². The Labute approximate surface area is 228 Å². The van der Waals surface area contributed by atoms with Crippen LogP contribution in [0.3, 0.4) is 0 Å². The summed E-state index contributed by atoms with van der Waals surface area (Å²) in [4.78, 5) is 24.3. The van der Waals surface area contributed by atoms with Crippen molar-refractivity contribution in [1.29, 1.82) is 0 Å². The second-order valence-corrected chi connectivity index (χ2v) is 12.2. The maximum absolute atomic E-state index is 12.6. The van der Waals surface area contributed by atoms with Gasteiger partial charge in [0.05, 0.1) is 5.60 Å². The average Bonchev–Trinajstić information content (AvgIpc) is 3.49. The van der Waals surface area contributed by atoms with Crippen molar-refractivity contribution in [3.05, 3.63) is 65.1 Å². The summed E-state index contributed by atoms with van der Waals surface area (Å²) in [5.41, 5.74) is 3.36. The van der Waals surface area contributed by atoms with E-state index in [0.29, 0.717) is 35.0 Å². The summed E-state index contributed by atoms with van der Waals surface area (Å²) >= 11 is 0. The van der Waals surface area contributed by atoms with Crippen molar-refractivity contribution < 1.29 is 19.2 Å². The lowest BCUT2D eigenvalue weighted by molar-refractivity contribution is -0.160. The minimum atomic E-state index is -1.13. The Kier molecular flexibility index (Phi) is 6.97. The van der Waals surface area contributed by atoms with Crippen LogP contribution in [0.15, 0.2) is 47.1 Å². The summed E-state index contributed by atoms with van der Waals surface area (Å²) in [6, 6.07) is 11.9. The summed E-state index contributed by atoms with van der Waals surface area (Å²) in [6.45, 7) is 13.7. The quantitative estimate of drug-likeness (QED) is 0.317. The minimum Gasteiger partial charge on any atom is -0.479 e. The molecule has 206 valence electrons. The van der Waals surface area contributed by atoms with Crippen molar-refractivity contribution in [2.45, 2.75) is 72.5 Å². The number of aromatic nitrogens is 4. The number of ether oxygens (including phenoxy) is 1. The first kappa shape index (κ1) is 26.9. The molecule has 3 aromatic heterocycles. The molecular weight excluding hydrogens is 494 g/mol. The van der Waals surface area contributed by atoms with E-state index in [1.807, 2.05) is 74.7 Å². The molecular formula is C30H37N5O4. The Morgan fingerprint density at radius 2 is 1.85 bits per heavy atom. The van der Waals surface area contributed by atoms with E-state index < -0.39 is 17.7 Å². The number of fused-ring (bicyclic) bond motifs is 1. The first-order valence-corrected chi connectivity index (χ1v) is 13.5. The molecule has 1 N–H and O–H groups in total. The van der Waals surface area contributed by atoms with Gasteiger partial charge in [0.1, 0.15) is 17.2 Å². The Bertz CT molecular complexity index is 1470. The number of carboxylic acid groups (broad SMARTS) is 1. The molecule has 1 saturated heterocycles. The van der Waals surface area contributed by atoms with E-state index in [0.717, 1.165) is 42.9 Å². The zero-order chi connectivity index (χ0) is 27.9. The highest BCUT2D eigenvalue weighted by Crippen LogP contribution is 2.40. The van der Waals surface area contributed by atoms with Gasteiger partial charge in [0.15, 0.2) is 11.9 Å². The smallest absolute Gasteiger partial charge is 0.337 e. The normalized spacial score (nSPS) is 16.5. The van der Waals surface area contributed by atoms with Crippen LogP contribution in [0.5, 0.6) is 0 Å². The molecule has 0 spiro atoms. The number of carboxylic acids is 1. The first-order valence-electron chi connectivity index (χ1n) is 13.5. The number of benzene rings is 1. The summed E-state index contributed by atoms with van der Waals surface area (Å²) in [5.74, 6) is 0.678. The number of aliphatic carboxylic acids is 1. The number of pyridine rings is 1. The molecule has 0 amide bonds. The molecule has 1 aliphatic rings.